The van der Waals surface area contributed by atoms with E-state index in [1.165, 1.54) is 5.56 Å². The Kier molecular flexibility index (Phi) is 6.36. The molecule has 1 amide bonds. The second kappa shape index (κ2) is 8.67. The number of ketones is 1. The van der Waals surface area contributed by atoms with Gasteiger partial charge in [-0.2, -0.15) is 5.10 Å². The van der Waals surface area contributed by atoms with Crippen molar-refractivity contribution in [2.45, 2.75) is 39.7 Å². The van der Waals surface area contributed by atoms with Crippen molar-refractivity contribution >= 4 is 17.4 Å². The summed E-state index contributed by atoms with van der Waals surface area (Å²) in [6.45, 7) is 8.85. The summed E-state index contributed by atoms with van der Waals surface area (Å²) < 4.78 is 1.67. The van der Waals surface area contributed by atoms with Crippen LogP contribution in [0.15, 0.2) is 29.8 Å². The summed E-state index contributed by atoms with van der Waals surface area (Å²) in [5, 5.41) is 15.6. The molecule has 1 aromatic carbocycles. The Balaban J connectivity index is 2.19. The summed E-state index contributed by atoms with van der Waals surface area (Å²) in [6, 6.07) is 7.30. The SMILES string of the molecule is Cc1nn(C)c(C)c1/C(O)=C1\C(=O)C(=O)N(CCN(C)C)[C@@H]1c1ccc(C(C)C)cc1. The van der Waals surface area contributed by atoms with Crippen LogP contribution in [0.25, 0.3) is 5.76 Å². The zero-order valence-electron chi connectivity index (χ0n) is 19.4. The largest absolute Gasteiger partial charge is 0.507 e. The van der Waals surface area contributed by atoms with Crippen LogP contribution in [0.1, 0.15) is 53.9 Å². The van der Waals surface area contributed by atoms with Crippen molar-refractivity contribution in [3.8, 4) is 0 Å². The number of aliphatic hydroxyl groups is 1. The second-order valence-corrected chi connectivity index (χ2v) is 8.79. The maximum absolute atomic E-state index is 13.1. The molecule has 1 aromatic heterocycles. The van der Waals surface area contributed by atoms with Gasteiger partial charge in [-0.3, -0.25) is 14.3 Å². The van der Waals surface area contributed by atoms with Crippen LogP contribution in [-0.2, 0) is 16.6 Å². The number of rotatable bonds is 6. The number of nitrogens with zero attached hydrogens (tertiary/aromatic N) is 4. The van der Waals surface area contributed by atoms with Crippen LogP contribution in [0.3, 0.4) is 0 Å². The lowest BCUT2D eigenvalue weighted by Gasteiger charge is -2.27. The number of hydrogen-bond acceptors (Lipinski definition) is 5. The highest BCUT2D eigenvalue weighted by Crippen LogP contribution is 2.40. The average Bonchev–Trinajstić information content (AvgIpc) is 3.11. The monoisotopic (exact) mass is 424 g/mol. The third kappa shape index (κ3) is 4.14. The number of benzene rings is 1. The molecule has 0 bridgehead atoms. The van der Waals surface area contributed by atoms with E-state index in [1.54, 1.807) is 23.6 Å². The summed E-state index contributed by atoms with van der Waals surface area (Å²) >= 11 is 0. The van der Waals surface area contributed by atoms with Crippen molar-refractivity contribution in [2.75, 3.05) is 27.2 Å². The molecule has 2 heterocycles. The summed E-state index contributed by atoms with van der Waals surface area (Å²) in [5.41, 5.74) is 3.97. The first kappa shape index (κ1) is 22.7. The molecule has 1 saturated heterocycles. The predicted molar refractivity (Wildman–Crippen MR) is 121 cm³/mol. The van der Waals surface area contributed by atoms with Gasteiger partial charge >= 0.3 is 0 Å². The van der Waals surface area contributed by atoms with Gasteiger partial charge in [0.1, 0.15) is 5.76 Å². The zero-order valence-corrected chi connectivity index (χ0v) is 19.4. The minimum Gasteiger partial charge on any atom is -0.507 e. The first-order valence-corrected chi connectivity index (χ1v) is 10.6. The fourth-order valence-electron chi connectivity index (χ4n) is 4.08. The van der Waals surface area contributed by atoms with Crippen molar-refractivity contribution in [1.29, 1.82) is 0 Å². The molecule has 31 heavy (non-hydrogen) atoms. The lowest BCUT2D eigenvalue weighted by Crippen LogP contribution is -2.35. The van der Waals surface area contributed by atoms with Crippen molar-refractivity contribution in [1.82, 2.24) is 19.6 Å². The standard InChI is InChI=1S/C24H32N4O3/c1-14(2)17-8-10-18(11-9-17)21-20(22(29)19-15(3)25-27(7)16(19)4)23(30)24(31)28(21)13-12-26(5)6/h8-11,14,21,29H,12-13H2,1-7H3/b22-20+/t21-/m1/s1. The van der Waals surface area contributed by atoms with Gasteiger partial charge in [0.2, 0.25) is 0 Å². The molecule has 0 radical (unpaired) electrons. The van der Waals surface area contributed by atoms with Gasteiger partial charge in [-0.15, -0.1) is 0 Å². The number of carbonyl (C=O) groups is 2. The highest BCUT2D eigenvalue weighted by Gasteiger charge is 2.46. The quantitative estimate of drug-likeness (QED) is 0.438. The molecular weight excluding hydrogens is 392 g/mol. The van der Waals surface area contributed by atoms with E-state index in [4.69, 9.17) is 0 Å². The number of aliphatic hydroxyl groups excluding tert-OH is 1. The molecule has 1 aliphatic rings. The topological polar surface area (TPSA) is 78.7 Å². The van der Waals surface area contributed by atoms with Crippen LogP contribution in [0.4, 0.5) is 0 Å². The number of amides is 1. The first-order valence-electron chi connectivity index (χ1n) is 10.6. The van der Waals surface area contributed by atoms with Gasteiger partial charge < -0.3 is 14.9 Å². The predicted octanol–water partition coefficient (Wildman–Crippen LogP) is 3.14. The molecule has 7 nitrogen and oxygen atoms in total. The first-order chi connectivity index (χ1) is 14.5. The second-order valence-electron chi connectivity index (χ2n) is 8.79. The number of hydrogen-bond donors (Lipinski definition) is 1. The van der Waals surface area contributed by atoms with E-state index in [9.17, 15) is 14.7 Å². The molecule has 1 N–H and O–H groups in total. The lowest BCUT2D eigenvalue weighted by atomic mass is 9.93. The van der Waals surface area contributed by atoms with E-state index in [2.05, 4.69) is 18.9 Å². The van der Waals surface area contributed by atoms with Gasteiger partial charge in [-0.05, 0) is 45.0 Å². The van der Waals surface area contributed by atoms with E-state index in [-0.39, 0.29) is 11.3 Å². The minimum atomic E-state index is -0.656. The summed E-state index contributed by atoms with van der Waals surface area (Å²) in [7, 11) is 5.63. The van der Waals surface area contributed by atoms with Gasteiger partial charge in [0.25, 0.3) is 11.7 Å². The Bertz CT molecular complexity index is 1030. The third-order valence-corrected chi connectivity index (χ3v) is 5.99. The Hall–Kier alpha value is -2.93. The number of aryl methyl sites for hydroxylation is 2. The number of aromatic nitrogens is 2. The fraction of sp³-hybridized carbons (Fsp3) is 0.458. The zero-order chi connectivity index (χ0) is 23.0. The Morgan fingerprint density at radius 1 is 1.16 bits per heavy atom. The van der Waals surface area contributed by atoms with Crippen LogP contribution in [0, 0.1) is 13.8 Å². The number of carbonyl (C=O) groups excluding carboxylic acids is 2. The number of likely N-dealkylation sites (tertiary alicyclic amines) is 1. The molecule has 3 rings (SSSR count). The number of Topliss-reactive ketones (excluding diaryl/α,β-unsaturated/α-hetero) is 1. The highest BCUT2D eigenvalue weighted by atomic mass is 16.3. The van der Waals surface area contributed by atoms with E-state index in [0.29, 0.717) is 30.3 Å². The molecule has 2 aromatic rings. The van der Waals surface area contributed by atoms with Crippen LogP contribution in [0.2, 0.25) is 0 Å². The minimum absolute atomic E-state index is 0.125. The van der Waals surface area contributed by atoms with Crippen molar-refractivity contribution < 1.29 is 14.7 Å². The van der Waals surface area contributed by atoms with Gasteiger partial charge in [0, 0.05) is 25.8 Å². The van der Waals surface area contributed by atoms with Gasteiger partial charge in [-0.25, -0.2) is 0 Å². The Morgan fingerprint density at radius 3 is 2.26 bits per heavy atom. The van der Waals surface area contributed by atoms with E-state index in [1.807, 2.05) is 50.2 Å². The molecule has 0 spiro atoms. The van der Waals surface area contributed by atoms with Crippen LogP contribution in [-0.4, -0.2) is 63.6 Å². The molecule has 0 aliphatic carbocycles. The van der Waals surface area contributed by atoms with Gasteiger partial charge in [0.05, 0.1) is 22.9 Å². The van der Waals surface area contributed by atoms with E-state index < -0.39 is 17.7 Å². The van der Waals surface area contributed by atoms with Crippen molar-refractivity contribution in [2.24, 2.45) is 7.05 Å². The summed E-state index contributed by atoms with van der Waals surface area (Å²) in [5.74, 6) is -1.03. The van der Waals surface area contributed by atoms with Crippen LogP contribution in [0.5, 0.6) is 0 Å². The maximum atomic E-state index is 13.1. The van der Waals surface area contributed by atoms with E-state index in [0.717, 1.165) is 11.3 Å². The Labute approximate surface area is 184 Å². The highest BCUT2D eigenvalue weighted by molar-refractivity contribution is 6.46. The fourth-order valence-corrected chi connectivity index (χ4v) is 4.08. The normalized spacial score (nSPS) is 18.6. The molecule has 1 aliphatic heterocycles. The molecule has 7 heteroatoms. The molecule has 0 saturated carbocycles. The number of likely N-dealkylation sites (N-methyl/N-ethyl adjacent to an activating group) is 1. The maximum Gasteiger partial charge on any atom is 0.295 e. The summed E-state index contributed by atoms with van der Waals surface area (Å²) in [4.78, 5) is 29.6. The van der Waals surface area contributed by atoms with Crippen LogP contribution >= 0.6 is 0 Å². The van der Waals surface area contributed by atoms with E-state index >= 15 is 0 Å². The average molecular weight is 425 g/mol. The van der Waals surface area contributed by atoms with Crippen LogP contribution < -0.4 is 0 Å². The molecule has 1 atom stereocenters. The van der Waals surface area contributed by atoms with Gasteiger partial charge in [-0.1, -0.05) is 38.1 Å². The van der Waals surface area contributed by atoms with Crippen molar-refractivity contribution in [3.05, 3.63) is 57.9 Å². The van der Waals surface area contributed by atoms with Gasteiger partial charge in [0.15, 0.2) is 0 Å². The molecule has 166 valence electrons. The molecular formula is C24H32N4O3. The third-order valence-electron chi connectivity index (χ3n) is 5.99. The molecule has 0 unspecified atom stereocenters. The lowest BCUT2D eigenvalue weighted by molar-refractivity contribution is -0.140. The molecule has 1 fully saturated rings. The van der Waals surface area contributed by atoms with Crippen molar-refractivity contribution in [3.63, 3.8) is 0 Å². The summed E-state index contributed by atoms with van der Waals surface area (Å²) in [6.07, 6.45) is 0. The smallest absolute Gasteiger partial charge is 0.295 e. The Morgan fingerprint density at radius 2 is 1.77 bits per heavy atom.